The first-order chi connectivity index (χ1) is 14.2. The molecule has 0 spiro atoms. The maximum Gasteiger partial charge on any atom is 0.160 e. The number of nitriles is 1. The molecule has 4 rings (SSSR count). The van der Waals surface area contributed by atoms with E-state index in [0.29, 0.717) is 17.9 Å². The van der Waals surface area contributed by atoms with Crippen molar-refractivity contribution in [2.24, 2.45) is 0 Å². The Morgan fingerprint density at radius 1 is 1.00 bits per heavy atom. The maximum atomic E-state index is 9.58. The predicted octanol–water partition coefficient (Wildman–Crippen LogP) is 4.36. The third-order valence-corrected chi connectivity index (χ3v) is 4.86. The molecule has 1 aromatic heterocycles. The molecule has 3 aromatic rings. The molecule has 1 aliphatic heterocycles. The molecule has 0 radical (unpaired) electrons. The lowest BCUT2D eigenvalue weighted by molar-refractivity contribution is 1.06. The second-order valence-corrected chi connectivity index (χ2v) is 7.03. The Hall–Kier alpha value is -3.91. The van der Waals surface area contributed by atoms with Crippen molar-refractivity contribution < 1.29 is 0 Å². The largest absolute Gasteiger partial charge is 0.378 e. The highest BCUT2D eigenvalue weighted by Gasteiger charge is 2.19. The van der Waals surface area contributed by atoms with Crippen molar-refractivity contribution in [2.75, 3.05) is 30.4 Å². The number of rotatable bonds is 4. The number of aromatic nitrogens is 2. The van der Waals surface area contributed by atoms with Gasteiger partial charge in [-0.2, -0.15) is 5.26 Å². The van der Waals surface area contributed by atoms with Crippen LogP contribution in [0.4, 0.5) is 11.4 Å². The van der Waals surface area contributed by atoms with Crippen molar-refractivity contribution in [3.8, 4) is 6.07 Å². The lowest BCUT2D eigenvalue weighted by atomic mass is 9.95. The summed E-state index contributed by atoms with van der Waals surface area (Å²) in [4.78, 5) is 13.1. The fourth-order valence-electron chi connectivity index (χ4n) is 3.38. The smallest absolute Gasteiger partial charge is 0.160 e. The Morgan fingerprint density at radius 2 is 1.79 bits per heavy atom. The van der Waals surface area contributed by atoms with E-state index in [1.54, 1.807) is 18.5 Å². The molecule has 2 heterocycles. The van der Waals surface area contributed by atoms with Crippen molar-refractivity contribution in [2.45, 2.75) is 0 Å². The van der Waals surface area contributed by atoms with Crippen LogP contribution in [0.25, 0.3) is 11.1 Å². The minimum atomic E-state index is 0.659. The SMILES string of the molecule is CN(C)c1cccc(N2C=C(c3ncccn3)C=C(c3ccccc3C#N)C2)c1. The summed E-state index contributed by atoms with van der Waals surface area (Å²) in [6, 6.07) is 20.2. The van der Waals surface area contributed by atoms with E-state index in [2.05, 4.69) is 62.4 Å². The van der Waals surface area contributed by atoms with Gasteiger partial charge in [-0.3, -0.25) is 0 Å². The number of anilines is 2. The van der Waals surface area contributed by atoms with Gasteiger partial charge < -0.3 is 9.80 Å². The molecule has 0 amide bonds. The molecule has 0 aliphatic carbocycles. The maximum absolute atomic E-state index is 9.58. The average Bonchev–Trinajstić information content (AvgIpc) is 2.79. The Labute approximate surface area is 170 Å². The number of nitrogens with zero attached hydrogens (tertiary/aromatic N) is 5. The van der Waals surface area contributed by atoms with Gasteiger partial charge in [-0.15, -0.1) is 0 Å². The Balaban J connectivity index is 1.82. The van der Waals surface area contributed by atoms with Gasteiger partial charge in [-0.25, -0.2) is 9.97 Å². The zero-order chi connectivity index (χ0) is 20.2. The van der Waals surface area contributed by atoms with Crippen molar-refractivity contribution in [3.63, 3.8) is 0 Å². The topological polar surface area (TPSA) is 56.1 Å². The minimum Gasteiger partial charge on any atom is -0.378 e. The number of hydrogen-bond donors (Lipinski definition) is 0. The van der Waals surface area contributed by atoms with Gasteiger partial charge in [-0.05, 0) is 47.5 Å². The van der Waals surface area contributed by atoms with Gasteiger partial charge in [0.05, 0.1) is 11.6 Å². The molecule has 0 N–H and O–H groups in total. The first-order valence-electron chi connectivity index (χ1n) is 9.39. The van der Waals surface area contributed by atoms with Crippen LogP contribution in [0.3, 0.4) is 0 Å². The van der Waals surface area contributed by atoms with Crippen molar-refractivity contribution >= 4 is 22.5 Å². The molecule has 0 atom stereocenters. The van der Waals surface area contributed by atoms with Crippen LogP contribution in [-0.4, -0.2) is 30.6 Å². The summed E-state index contributed by atoms with van der Waals surface area (Å²) in [6.45, 7) is 0.659. The molecular formula is C24H21N5. The summed E-state index contributed by atoms with van der Waals surface area (Å²) in [5, 5.41) is 9.58. The van der Waals surface area contributed by atoms with E-state index >= 15 is 0 Å². The van der Waals surface area contributed by atoms with E-state index in [1.807, 2.05) is 38.4 Å². The monoisotopic (exact) mass is 379 g/mol. The van der Waals surface area contributed by atoms with Crippen LogP contribution in [0.1, 0.15) is 17.0 Å². The van der Waals surface area contributed by atoms with Gasteiger partial charge in [0.1, 0.15) is 0 Å². The van der Waals surface area contributed by atoms with Crippen LogP contribution in [0.15, 0.2) is 79.3 Å². The summed E-state index contributed by atoms with van der Waals surface area (Å²) in [5.41, 5.74) is 5.77. The highest BCUT2D eigenvalue weighted by molar-refractivity contribution is 5.89. The molecule has 0 bridgehead atoms. The molecule has 1 aliphatic rings. The summed E-state index contributed by atoms with van der Waals surface area (Å²) >= 11 is 0. The molecule has 5 heteroatoms. The van der Waals surface area contributed by atoms with Gasteiger partial charge in [-0.1, -0.05) is 24.3 Å². The van der Waals surface area contributed by atoms with Crippen LogP contribution in [-0.2, 0) is 0 Å². The molecule has 0 saturated carbocycles. The Kier molecular flexibility index (Phi) is 5.08. The molecule has 5 nitrogen and oxygen atoms in total. The molecule has 0 saturated heterocycles. The summed E-state index contributed by atoms with van der Waals surface area (Å²) in [6.07, 6.45) is 7.64. The van der Waals surface area contributed by atoms with Crippen LogP contribution >= 0.6 is 0 Å². The standard InChI is InChI=1S/C24H21N5/c1-28(2)21-8-5-9-22(14-21)29-16-19(23-10-4-3-7-18(23)15-25)13-20(17-29)24-26-11-6-12-27-24/h3-14,17H,16H2,1-2H3. The number of hydrogen-bond acceptors (Lipinski definition) is 5. The van der Waals surface area contributed by atoms with E-state index in [0.717, 1.165) is 28.1 Å². The summed E-state index contributed by atoms with van der Waals surface area (Å²) in [5.74, 6) is 0.660. The van der Waals surface area contributed by atoms with E-state index < -0.39 is 0 Å². The van der Waals surface area contributed by atoms with Crippen molar-refractivity contribution in [1.82, 2.24) is 9.97 Å². The zero-order valence-electron chi connectivity index (χ0n) is 16.4. The molecule has 2 aromatic carbocycles. The average molecular weight is 379 g/mol. The van der Waals surface area contributed by atoms with Gasteiger partial charge in [0, 0.05) is 56.2 Å². The second-order valence-electron chi connectivity index (χ2n) is 7.03. The zero-order valence-corrected chi connectivity index (χ0v) is 16.4. The van der Waals surface area contributed by atoms with Crippen LogP contribution < -0.4 is 9.80 Å². The first kappa shape index (κ1) is 18.5. The molecular weight excluding hydrogens is 358 g/mol. The van der Waals surface area contributed by atoms with E-state index in [9.17, 15) is 5.26 Å². The lowest BCUT2D eigenvalue weighted by Crippen LogP contribution is -2.23. The van der Waals surface area contributed by atoms with Crippen LogP contribution in [0.2, 0.25) is 0 Å². The van der Waals surface area contributed by atoms with Crippen LogP contribution in [0.5, 0.6) is 0 Å². The minimum absolute atomic E-state index is 0.659. The Morgan fingerprint density at radius 3 is 2.55 bits per heavy atom. The molecule has 0 unspecified atom stereocenters. The normalized spacial score (nSPS) is 13.3. The third kappa shape index (κ3) is 3.87. The van der Waals surface area contributed by atoms with Gasteiger partial charge in [0.2, 0.25) is 0 Å². The summed E-state index contributed by atoms with van der Waals surface area (Å²) in [7, 11) is 4.06. The summed E-state index contributed by atoms with van der Waals surface area (Å²) < 4.78 is 0. The van der Waals surface area contributed by atoms with E-state index in [-0.39, 0.29) is 0 Å². The van der Waals surface area contributed by atoms with Crippen LogP contribution in [0, 0.1) is 11.3 Å². The highest BCUT2D eigenvalue weighted by atomic mass is 15.1. The number of allylic oxidation sites excluding steroid dienone is 2. The molecule has 142 valence electrons. The van der Waals surface area contributed by atoms with Crippen molar-refractivity contribution in [1.29, 1.82) is 5.26 Å². The predicted molar refractivity (Wildman–Crippen MR) is 117 cm³/mol. The Bertz CT molecular complexity index is 1120. The molecule has 29 heavy (non-hydrogen) atoms. The lowest BCUT2D eigenvalue weighted by Gasteiger charge is -2.28. The van der Waals surface area contributed by atoms with E-state index in [4.69, 9.17) is 0 Å². The highest BCUT2D eigenvalue weighted by Crippen LogP contribution is 2.32. The van der Waals surface area contributed by atoms with Gasteiger partial charge in [0.15, 0.2) is 5.82 Å². The quantitative estimate of drug-likeness (QED) is 0.674. The third-order valence-electron chi connectivity index (χ3n) is 4.86. The fourth-order valence-corrected chi connectivity index (χ4v) is 3.38. The molecule has 0 fully saturated rings. The first-order valence-corrected chi connectivity index (χ1v) is 9.39. The fraction of sp³-hybridized carbons (Fsp3) is 0.125. The van der Waals surface area contributed by atoms with Gasteiger partial charge in [0.25, 0.3) is 0 Å². The second kappa shape index (κ2) is 7.99. The van der Waals surface area contributed by atoms with Gasteiger partial charge >= 0.3 is 0 Å². The van der Waals surface area contributed by atoms with Crippen molar-refractivity contribution in [3.05, 3.63) is 96.2 Å². The van der Waals surface area contributed by atoms with E-state index in [1.165, 1.54) is 0 Å². The number of benzene rings is 2.